The quantitative estimate of drug-likeness (QED) is 0.379. The maximum atomic E-state index is 13.2. The highest BCUT2D eigenvalue weighted by Gasteiger charge is 2.39. The van der Waals surface area contributed by atoms with Crippen LogP contribution in [-0.4, -0.2) is 74.3 Å². The molecule has 0 radical (unpaired) electrons. The van der Waals surface area contributed by atoms with E-state index in [2.05, 4.69) is 27.1 Å². The summed E-state index contributed by atoms with van der Waals surface area (Å²) in [5, 5.41) is 20.1. The molecule has 0 spiro atoms. The van der Waals surface area contributed by atoms with Gasteiger partial charge in [0.2, 0.25) is 11.7 Å². The molecule has 3 rings (SSSR count). The number of aromatic nitrogens is 3. The normalized spacial score (nSPS) is 29.7. The van der Waals surface area contributed by atoms with Crippen molar-refractivity contribution in [3.63, 3.8) is 0 Å². The van der Waals surface area contributed by atoms with Crippen molar-refractivity contribution in [1.82, 2.24) is 25.4 Å². The van der Waals surface area contributed by atoms with Gasteiger partial charge in [0, 0.05) is 25.4 Å². The van der Waals surface area contributed by atoms with Crippen molar-refractivity contribution < 1.29 is 24.2 Å². The molecular formula is C28H39N5O5. The van der Waals surface area contributed by atoms with E-state index in [0.717, 1.165) is 11.1 Å². The molecule has 3 N–H and O–H groups in total. The summed E-state index contributed by atoms with van der Waals surface area (Å²) in [6.45, 7) is 12.4. The average Bonchev–Trinajstić information content (AvgIpc) is 3.52. The fourth-order valence-corrected chi connectivity index (χ4v) is 4.75. The summed E-state index contributed by atoms with van der Waals surface area (Å²) in [7, 11) is 0. The number of hydrogen-bond donors (Lipinski definition) is 3. The Balaban J connectivity index is 1.85. The lowest BCUT2D eigenvalue weighted by Crippen LogP contribution is -2.44. The number of aromatic amines is 1. The number of aliphatic hydroxyl groups excluding tert-OH is 1. The highest BCUT2D eigenvalue weighted by Crippen LogP contribution is 2.25. The summed E-state index contributed by atoms with van der Waals surface area (Å²) >= 11 is 0. The summed E-state index contributed by atoms with van der Waals surface area (Å²) in [5.74, 6) is -0.948. The topological polar surface area (TPSA) is 138 Å². The van der Waals surface area contributed by atoms with Gasteiger partial charge in [-0.3, -0.25) is 14.7 Å². The number of nitrogens with zero attached hydrogens (tertiary/aromatic N) is 3. The first kappa shape index (κ1) is 29.0. The maximum absolute atomic E-state index is 13.2. The summed E-state index contributed by atoms with van der Waals surface area (Å²) in [5.41, 5.74) is 1.56. The van der Waals surface area contributed by atoms with Crippen LogP contribution in [0.5, 0.6) is 0 Å². The van der Waals surface area contributed by atoms with Gasteiger partial charge in [0.15, 0.2) is 0 Å². The third-order valence-corrected chi connectivity index (χ3v) is 6.63. The second-order valence-corrected chi connectivity index (χ2v) is 10.4. The van der Waals surface area contributed by atoms with Crippen LogP contribution < -0.4 is 5.32 Å². The van der Waals surface area contributed by atoms with Crippen molar-refractivity contribution in [2.75, 3.05) is 13.1 Å². The van der Waals surface area contributed by atoms with Gasteiger partial charge in [0.05, 0.1) is 6.10 Å². The summed E-state index contributed by atoms with van der Waals surface area (Å²) < 4.78 is 5.90. The van der Waals surface area contributed by atoms with Gasteiger partial charge in [-0.15, -0.1) is 5.10 Å². The van der Waals surface area contributed by atoms with Crippen LogP contribution in [0.3, 0.4) is 0 Å². The molecule has 1 fully saturated rings. The number of aliphatic hydroxyl groups is 1. The van der Waals surface area contributed by atoms with Gasteiger partial charge < -0.3 is 20.1 Å². The van der Waals surface area contributed by atoms with E-state index in [-0.39, 0.29) is 23.6 Å². The minimum absolute atomic E-state index is 0.00148. The molecule has 10 heteroatoms. The van der Waals surface area contributed by atoms with Gasteiger partial charge in [-0.2, -0.15) is 0 Å². The second kappa shape index (κ2) is 13.3. The molecule has 1 aromatic heterocycles. The third-order valence-electron chi connectivity index (χ3n) is 6.63. The number of nitrogens with one attached hydrogen (secondary N) is 2. The van der Waals surface area contributed by atoms with Crippen LogP contribution in [0.1, 0.15) is 63.4 Å². The van der Waals surface area contributed by atoms with Crippen molar-refractivity contribution in [2.24, 2.45) is 11.8 Å². The molecule has 38 heavy (non-hydrogen) atoms. The Labute approximate surface area is 223 Å². The molecular weight excluding hydrogens is 486 g/mol. The number of carbonyl (C=O) groups is 3. The lowest BCUT2D eigenvalue weighted by Gasteiger charge is -2.29. The molecule has 0 unspecified atom stereocenters. The third kappa shape index (κ3) is 7.98. The molecule has 2 bridgehead atoms. The van der Waals surface area contributed by atoms with E-state index in [1.54, 1.807) is 18.2 Å². The predicted molar refractivity (Wildman–Crippen MR) is 143 cm³/mol. The molecule has 2 amide bonds. The summed E-state index contributed by atoms with van der Waals surface area (Å²) in [4.78, 5) is 44.5. The lowest BCUT2D eigenvalue weighted by atomic mass is 9.94. The van der Waals surface area contributed by atoms with Crippen molar-refractivity contribution in [3.05, 3.63) is 59.8 Å². The lowest BCUT2D eigenvalue weighted by molar-refractivity contribution is -0.158. The van der Waals surface area contributed by atoms with E-state index in [4.69, 9.17) is 4.74 Å². The monoisotopic (exact) mass is 525 g/mol. The van der Waals surface area contributed by atoms with E-state index >= 15 is 0 Å². The van der Waals surface area contributed by atoms with Crippen LogP contribution in [0.2, 0.25) is 0 Å². The molecule has 10 nitrogen and oxygen atoms in total. The van der Waals surface area contributed by atoms with Crippen LogP contribution in [0, 0.1) is 11.8 Å². The number of cyclic esters (lactones) is 1. The number of carbonyl (C=O) groups excluding carboxylic acids is 3. The largest absolute Gasteiger partial charge is 0.460 e. The Morgan fingerprint density at radius 2 is 2.00 bits per heavy atom. The Morgan fingerprint density at radius 3 is 2.74 bits per heavy atom. The SMILES string of the molecule is C=C1Cc2nc(n[nH]2)C(=O)N2CCC[C@@H]2C(=O)O[C@H](C(C)C)[C@H](C)/C=C/C(=O)NC/C=C/C(C)=C/[C@@H](O)C1. The van der Waals surface area contributed by atoms with E-state index < -0.39 is 30.1 Å². The average molecular weight is 526 g/mol. The highest BCUT2D eigenvalue weighted by molar-refractivity contribution is 5.94. The summed E-state index contributed by atoms with van der Waals surface area (Å²) in [6.07, 6.45) is 9.09. The minimum atomic E-state index is -0.748. The number of allylic oxidation sites excluding steroid dienone is 2. The highest BCUT2D eigenvalue weighted by atomic mass is 16.5. The van der Waals surface area contributed by atoms with Gasteiger partial charge in [0.25, 0.3) is 5.91 Å². The van der Waals surface area contributed by atoms with Gasteiger partial charge in [-0.25, -0.2) is 9.78 Å². The molecule has 0 saturated carbocycles. The molecule has 0 aromatic carbocycles. The van der Waals surface area contributed by atoms with E-state index in [1.807, 2.05) is 33.8 Å². The Kier molecular flexibility index (Phi) is 10.2. The maximum Gasteiger partial charge on any atom is 0.329 e. The summed E-state index contributed by atoms with van der Waals surface area (Å²) in [6, 6.07) is -0.723. The van der Waals surface area contributed by atoms with Gasteiger partial charge >= 0.3 is 5.97 Å². The zero-order valence-corrected chi connectivity index (χ0v) is 22.6. The molecule has 206 valence electrons. The number of H-pyrrole nitrogens is 1. The Bertz CT molecular complexity index is 1120. The van der Waals surface area contributed by atoms with Crippen LogP contribution in [0.25, 0.3) is 0 Å². The first-order valence-electron chi connectivity index (χ1n) is 13.1. The second-order valence-electron chi connectivity index (χ2n) is 10.4. The van der Waals surface area contributed by atoms with Gasteiger partial charge in [-0.1, -0.05) is 62.8 Å². The Morgan fingerprint density at radius 1 is 1.24 bits per heavy atom. The Hall–Kier alpha value is -3.53. The molecule has 4 atom stereocenters. The number of ether oxygens (including phenoxy) is 1. The number of hydrogen-bond acceptors (Lipinski definition) is 7. The van der Waals surface area contributed by atoms with E-state index in [1.165, 1.54) is 11.0 Å². The van der Waals surface area contributed by atoms with Crippen LogP contribution in [0.15, 0.2) is 48.1 Å². The van der Waals surface area contributed by atoms with Crippen molar-refractivity contribution in [2.45, 2.75) is 71.6 Å². The molecule has 1 saturated heterocycles. The van der Waals surface area contributed by atoms with E-state index in [0.29, 0.717) is 44.6 Å². The number of amides is 2. The standard InChI is InChI=1S/C28H39N5O5/c1-17(2)25-20(5)10-11-24(35)29-12-6-8-18(3)14-21(34)15-19(4)16-23-30-26(32-31-23)27(36)33-13-7-9-22(33)28(37)38-25/h6,8,10-11,14,17,20-22,25,34H,4,7,9,12-13,15-16H2,1-3,5H3,(H,29,35)(H,30,31,32)/b8-6+,11-10+,18-14+/t20-,21-,22-,25-/m1/s1. The first-order valence-corrected chi connectivity index (χ1v) is 13.1. The molecule has 1 aromatic rings. The fraction of sp³-hybridized carbons (Fsp3) is 0.536. The van der Waals surface area contributed by atoms with Crippen molar-refractivity contribution in [1.29, 1.82) is 0 Å². The zero-order valence-electron chi connectivity index (χ0n) is 22.6. The molecule has 2 aliphatic heterocycles. The fourth-order valence-electron chi connectivity index (χ4n) is 4.75. The van der Waals surface area contributed by atoms with Crippen LogP contribution >= 0.6 is 0 Å². The van der Waals surface area contributed by atoms with Crippen LogP contribution in [0.4, 0.5) is 0 Å². The van der Waals surface area contributed by atoms with Gasteiger partial charge in [-0.05, 0) is 38.2 Å². The molecule has 0 aliphatic carbocycles. The molecule has 3 heterocycles. The smallest absolute Gasteiger partial charge is 0.329 e. The number of esters is 1. The van der Waals surface area contributed by atoms with Crippen LogP contribution in [-0.2, 0) is 20.7 Å². The zero-order chi connectivity index (χ0) is 27.8. The van der Waals surface area contributed by atoms with Gasteiger partial charge in [0.1, 0.15) is 18.0 Å². The van der Waals surface area contributed by atoms with E-state index in [9.17, 15) is 19.5 Å². The van der Waals surface area contributed by atoms with Crippen molar-refractivity contribution >= 4 is 17.8 Å². The minimum Gasteiger partial charge on any atom is -0.460 e. The number of rotatable bonds is 1. The van der Waals surface area contributed by atoms with Crippen molar-refractivity contribution in [3.8, 4) is 0 Å². The molecule has 2 aliphatic rings. The predicted octanol–water partition coefficient (Wildman–Crippen LogP) is 2.65. The number of fused-ring (bicyclic) bond motifs is 3. The first-order chi connectivity index (χ1) is 18.0.